The fraction of sp³-hybridized carbons (Fsp3) is 0.444. The summed E-state index contributed by atoms with van der Waals surface area (Å²) < 4.78 is 37.4. The first kappa shape index (κ1) is 18.6. The van der Waals surface area contributed by atoms with Crippen LogP contribution in [0.25, 0.3) is 0 Å². The number of sulfonamides is 1. The molecule has 0 radical (unpaired) electrons. The summed E-state index contributed by atoms with van der Waals surface area (Å²) in [4.78, 5) is 12.5. The smallest absolute Gasteiger partial charge is 0.314 e. The van der Waals surface area contributed by atoms with Gasteiger partial charge in [0.05, 0.1) is 5.92 Å². The Morgan fingerprint density at radius 2 is 1.92 bits per heavy atom. The number of aromatic nitrogens is 1. The maximum absolute atomic E-state index is 12.8. The van der Waals surface area contributed by atoms with Crippen LogP contribution in [-0.2, 0) is 14.8 Å². The first-order valence-corrected chi connectivity index (χ1v) is 9.94. The van der Waals surface area contributed by atoms with Crippen LogP contribution in [0.1, 0.15) is 29.9 Å². The van der Waals surface area contributed by atoms with Crippen molar-refractivity contribution in [2.45, 2.75) is 38.5 Å². The number of piperidine rings is 1. The number of nitrogens with zero attached hydrogens (tertiary/aromatic N) is 2. The van der Waals surface area contributed by atoms with Gasteiger partial charge >= 0.3 is 5.97 Å². The topological polar surface area (TPSA) is 89.7 Å². The molecule has 1 aliphatic heterocycles. The van der Waals surface area contributed by atoms with E-state index in [0.717, 1.165) is 5.56 Å². The zero-order valence-electron chi connectivity index (χ0n) is 15.1. The second-order valence-electron chi connectivity index (χ2n) is 6.57. The first-order valence-electron chi connectivity index (χ1n) is 8.50. The molecule has 7 nitrogen and oxygen atoms in total. The summed E-state index contributed by atoms with van der Waals surface area (Å²) >= 11 is 0. The van der Waals surface area contributed by atoms with Gasteiger partial charge < -0.3 is 9.26 Å². The van der Waals surface area contributed by atoms with Crippen molar-refractivity contribution in [1.29, 1.82) is 0 Å². The van der Waals surface area contributed by atoms with E-state index in [1.807, 2.05) is 19.1 Å². The number of benzene rings is 1. The van der Waals surface area contributed by atoms with Crippen LogP contribution in [0, 0.1) is 26.7 Å². The Hall–Kier alpha value is -2.19. The summed E-state index contributed by atoms with van der Waals surface area (Å²) in [6.45, 7) is 5.64. The number of ether oxygens (including phenoxy) is 1. The summed E-state index contributed by atoms with van der Waals surface area (Å²) in [5, 5.41) is 3.72. The maximum atomic E-state index is 12.8. The minimum atomic E-state index is -3.67. The van der Waals surface area contributed by atoms with Crippen molar-refractivity contribution in [2.75, 3.05) is 13.1 Å². The number of hydrogen-bond donors (Lipinski definition) is 0. The SMILES string of the molecule is Cc1cccc(OC(=O)C2CCN(S(=O)(=O)c3c(C)noc3C)CC2)c1. The number of hydrogen-bond acceptors (Lipinski definition) is 6. The molecular formula is C18H22N2O5S. The van der Waals surface area contributed by atoms with Gasteiger partial charge in [-0.25, -0.2) is 8.42 Å². The highest BCUT2D eigenvalue weighted by Crippen LogP contribution is 2.28. The highest BCUT2D eigenvalue weighted by Gasteiger charge is 2.36. The van der Waals surface area contributed by atoms with Crippen LogP contribution in [0.5, 0.6) is 5.75 Å². The molecule has 8 heteroatoms. The zero-order chi connectivity index (χ0) is 18.9. The molecule has 0 aliphatic carbocycles. The number of rotatable bonds is 4. The molecule has 0 spiro atoms. The minimum absolute atomic E-state index is 0.123. The van der Waals surface area contributed by atoms with Crippen molar-refractivity contribution >= 4 is 16.0 Å². The predicted molar refractivity (Wildman–Crippen MR) is 94.3 cm³/mol. The first-order chi connectivity index (χ1) is 12.3. The quantitative estimate of drug-likeness (QED) is 0.600. The Bertz CT molecular complexity index is 892. The summed E-state index contributed by atoms with van der Waals surface area (Å²) in [5.74, 6) is 0.167. The van der Waals surface area contributed by atoms with Crippen molar-refractivity contribution in [1.82, 2.24) is 9.46 Å². The predicted octanol–water partition coefficient (Wildman–Crippen LogP) is 2.61. The monoisotopic (exact) mass is 378 g/mol. The molecule has 1 saturated heterocycles. The van der Waals surface area contributed by atoms with E-state index < -0.39 is 10.0 Å². The second kappa shape index (κ2) is 7.20. The molecule has 1 aromatic heterocycles. The minimum Gasteiger partial charge on any atom is -0.426 e. The summed E-state index contributed by atoms with van der Waals surface area (Å²) in [6.07, 6.45) is 0.848. The largest absolute Gasteiger partial charge is 0.426 e. The Morgan fingerprint density at radius 3 is 2.50 bits per heavy atom. The van der Waals surface area contributed by atoms with Crippen LogP contribution in [0.4, 0.5) is 0 Å². The van der Waals surface area contributed by atoms with E-state index in [1.54, 1.807) is 26.0 Å². The van der Waals surface area contributed by atoms with Gasteiger partial charge in [0.1, 0.15) is 16.3 Å². The van der Waals surface area contributed by atoms with Crippen LogP contribution in [0.3, 0.4) is 0 Å². The molecular weight excluding hydrogens is 356 g/mol. The van der Waals surface area contributed by atoms with Crippen LogP contribution in [-0.4, -0.2) is 36.9 Å². The molecule has 0 bridgehead atoms. The van der Waals surface area contributed by atoms with Crippen molar-refractivity contribution in [2.24, 2.45) is 5.92 Å². The second-order valence-corrected chi connectivity index (χ2v) is 8.44. The van der Waals surface area contributed by atoms with Crippen LogP contribution < -0.4 is 4.74 Å². The van der Waals surface area contributed by atoms with Gasteiger partial charge in [0, 0.05) is 13.1 Å². The third kappa shape index (κ3) is 3.66. The van der Waals surface area contributed by atoms with Crippen molar-refractivity contribution in [3.05, 3.63) is 41.3 Å². The lowest BCUT2D eigenvalue weighted by molar-refractivity contribution is -0.140. The van der Waals surface area contributed by atoms with Gasteiger partial charge in [0.25, 0.3) is 0 Å². The van der Waals surface area contributed by atoms with E-state index in [4.69, 9.17) is 9.26 Å². The van der Waals surface area contributed by atoms with E-state index in [-0.39, 0.29) is 35.6 Å². The molecule has 0 unspecified atom stereocenters. The van der Waals surface area contributed by atoms with Gasteiger partial charge in [0.2, 0.25) is 10.0 Å². The highest BCUT2D eigenvalue weighted by atomic mass is 32.2. The standard InChI is InChI=1S/C18H22N2O5S/c1-12-5-4-6-16(11-12)24-18(21)15-7-9-20(10-8-15)26(22,23)17-13(2)19-25-14(17)3/h4-6,11,15H,7-10H2,1-3H3. The average Bonchev–Trinajstić information content (AvgIpc) is 2.94. The normalized spacial score (nSPS) is 16.6. The number of carbonyl (C=O) groups is 1. The van der Waals surface area contributed by atoms with E-state index in [2.05, 4.69) is 5.16 Å². The third-order valence-electron chi connectivity index (χ3n) is 4.56. The van der Waals surface area contributed by atoms with Crippen LogP contribution in [0.15, 0.2) is 33.7 Å². The molecule has 3 rings (SSSR count). The molecule has 0 atom stereocenters. The summed E-state index contributed by atoms with van der Waals surface area (Å²) in [5.41, 5.74) is 1.36. The molecule has 1 aromatic carbocycles. The summed E-state index contributed by atoms with van der Waals surface area (Å²) in [7, 11) is -3.67. The van der Waals surface area contributed by atoms with Gasteiger partial charge in [-0.15, -0.1) is 0 Å². The van der Waals surface area contributed by atoms with Gasteiger partial charge in [0.15, 0.2) is 5.76 Å². The van der Waals surface area contributed by atoms with Gasteiger partial charge in [-0.05, 0) is 51.3 Å². The molecule has 140 valence electrons. The fourth-order valence-electron chi connectivity index (χ4n) is 3.18. The molecule has 2 aromatic rings. The van der Waals surface area contributed by atoms with E-state index in [0.29, 0.717) is 24.3 Å². The maximum Gasteiger partial charge on any atom is 0.314 e. The third-order valence-corrected chi connectivity index (χ3v) is 6.70. The Labute approximate surface area is 153 Å². The van der Waals surface area contributed by atoms with Crippen molar-refractivity contribution in [3.63, 3.8) is 0 Å². The molecule has 0 N–H and O–H groups in total. The zero-order valence-corrected chi connectivity index (χ0v) is 15.9. The Morgan fingerprint density at radius 1 is 1.23 bits per heavy atom. The van der Waals surface area contributed by atoms with E-state index in [1.165, 1.54) is 4.31 Å². The van der Waals surface area contributed by atoms with Gasteiger partial charge in [-0.1, -0.05) is 17.3 Å². The lowest BCUT2D eigenvalue weighted by Gasteiger charge is -2.29. The van der Waals surface area contributed by atoms with Crippen molar-refractivity contribution < 1.29 is 22.5 Å². The number of carbonyl (C=O) groups excluding carboxylic acids is 1. The van der Waals surface area contributed by atoms with E-state index in [9.17, 15) is 13.2 Å². The number of aryl methyl sites for hydroxylation is 3. The van der Waals surface area contributed by atoms with Crippen LogP contribution in [0.2, 0.25) is 0 Å². The Kier molecular flexibility index (Phi) is 5.15. The van der Waals surface area contributed by atoms with Gasteiger partial charge in [-0.3, -0.25) is 4.79 Å². The lowest BCUT2D eigenvalue weighted by Crippen LogP contribution is -2.41. The molecule has 0 saturated carbocycles. The summed E-state index contributed by atoms with van der Waals surface area (Å²) in [6, 6.07) is 7.29. The average molecular weight is 378 g/mol. The fourth-order valence-corrected chi connectivity index (χ4v) is 4.94. The molecule has 1 aliphatic rings. The van der Waals surface area contributed by atoms with Crippen molar-refractivity contribution in [3.8, 4) is 5.75 Å². The molecule has 26 heavy (non-hydrogen) atoms. The van der Waals surface area contributed by atoms with Gasteiger partial charge in [-0.2, -0.15) is 4.31 Å². The molecule has 1 fully saturated rings. The Balaban J connectivity index is 1.65. The number of esters is 1. The van der Waals surface area contributed by atoms with Crippen LogP contribution >= 0.6 is 0 Å². The van der Waals surface area contributed by atoms with E-state index >= 15 is 0 Å². The molecule has 0 amide bonds. The highest BCUT2D eigenvalue weighted by molar-refractivity contribution is 7.89. The molecule has 2 heterocycles. The lowest BCUT2D eigenvalue weighted by atomic mass is 9.98.